The maximum absolute atomic E-state index is 13.1. The fourth-order valence-corrected chi connectivity index (χ4v) is 2.32. The Morgan fingerprint density at radius 2 is 1.88 bits per heavy atom. The molecule has 0 aliphatic carbocycles. The van der Waals surface area contributed by atoms with Crippen LogP contribution in [-0.2, 0) is 11.2 Å². The molecule has 3 aromatic rings. The summed E-state index contributed by atoms with van der Waals surface area (Å²) in [5.41, 5.74) is 0.596. The zero-order chi connectivity index (χ0) is 17.1. The highest BCUT2D eigenvalue weighted by atomic mass is 19.2. The summed E-state index contributed by atoms with van der Waals surface area (Å²) in [6.45, 7) is 0. The number of pyridine rings is 1. The minimum Gasteiger partial charge on any atom is -0.326 e. The molecule has 8 heteroatoms. The average molecular weight is 334 g/mol. The summed E-state index contributed by atoms with van der Waals surface area (Å²) >= 11 is 0. The fourth-order valence-electron chi connectivity index (χ4n) is 2.32. The van der Waals surface area contributed by atoms with Gasteiger partial charge in [0.25, 0.3) is 0 Å². The van der Waals surface area contributed by atoms with Crippen LogP contribution in [0.15, 0.2) is 36.5 Å². The molecule has 5 nitrogen and oxygen atoms in total. The van der Waals surface area contributed by atoms with Crippen molar-refractivity contribution in [1.29, 1.82) is 0 Å². The lowest BCUT2D eigenvalue weighted by Crippen LogP contribution is -2.12. The number of halogens is 3. The molecule has 24 heavy (non-hydrogen) atoms. The quantitative estimate of drug-likeness (QED) is 0.730. The van der Waals surface area contributed by atoms with E-state index in [2.05, 4.69) is 15.5 Å². The molecule has 0 aliphatic heterocycles. The van der Waals surface area contributed by atoms with Gasteiger partial charge in [0.05, 0.1) is 0 Å². The monoisotopic (exact) mass is 334 g/mol. The molecular weight excluding hydrogens is 321 g/mol. The van der Waals surface area contributed by atoms with Gasteiger partial charge in [-0.2, -0.15) is 0 Å². The number of aromatic nitrogens is 3. The number of aryl methyl sites for hydroxylation is 1. The minimum absolute atomic E-state index is 0.121. The number of anilines is 1. The highest BCUT2D eigenvalue weighted by molar-refractivity contribution is 5.90. The molecule has 0 saturated carbocycles. The van der Waals surface area contributed by atoms with Crippen molar-refractivity contribution in [2.75, 3.05) is 5.32 Å². The van der Waals surface area contributed by atoms with E-state index in [0.717, 1.165) is 18.0 Å². The molecule has 0 aliphatic rings. The Morgan fingerprint density at radius 3 is 2.62 bits per heavy atom. The zero-order valence-corrected chi connectivity index (χ0v) is 12.5. The molecule has 0 radical (unpaired) electrons. The Kier molecular flexibility index (Phi) is 4.45. The number of hydrogen-bond donors (Lipinski definition) is 1. The molecule has 0 unspecified atom stereocenters. The summed E-state index contributed by atoms with van der Waals surface area (Å²) in [4.78, 5) is 11.8. The van der Waals surface area contributed by atoms with Gasteiger partial charge in [-0.05, 0) is 18.6 Å². The van der Waals surface area contributed by atoms with Crippen molar-refractivity contribution in [1.82, 2.24) is 14.6 Å². The maximum Gasteiger partial charge on any atom is 0.224 e. The third kappa shape index (κ3) is 3.37. The molecule has 0 saturated heterocycles. The van der Waals surface area contributed by atoms with Gasteiger partial charge in [0, 0.05) is 36.9 Å². The molecular formula is C16H13F3N4O. The van der Waals surface area contributed by atoms with Gasteiger partial charge in [0.1, 0.15) is 5.82 Å². The first-order chi connectivity index (χ1) is 11.5. The molecule has 2 aromatic heterocycles. The van der Waals surface area contributed by atoms with Crippen molar-refractivity contribution in [3.05, 3.63) is 59.8 Å². The second-order valence-corrected chi connectivity index (χ2v) is 5.20. The number of carbonyl (C=O) groups excluding carboxylic acids is 1. The van der Waals surface area contributed by atoms with Crippen molar-refractivity contribution >= 4 is 17.2 Å². The number of carbonyl (C=O) groups is 1. The highest BCUT2D eigenvalue weighted by Gasteiger charge is 2.12. The number of hydrogen-bond acceptors (Lipinski definition) is 3. The molecule has 0 fully saturated rings. The minimum atomic E-state index is -1.56. The molecule has 0 spiro atoms. The van der Waals surface area contributed by atoms with Crippen molar-refractivity contribution < 1.29 is 18.0 Å². The smallest absolute Gasteiger partial charge is 0.224 e. The van der Waals surface area contributed by atoms with E-state index in [-0.39, 0.29) is 12.1 Å². The fraction of sp³-hybridized carbons (Fsp3) is 0.188. The summed E-state index contributed by atoms with van der Waals surface area (Å²) in [6.07, 6.45) is 2.95. The van der Waals surface area contributed by atoms with Crippen LogP contribution < -0.4 is 5.32 Å². The van der Waals surface area contributed by atoms with Crippen LogP contribution in [0.25, 0.3) is 5.65 Å². The van der Waals surface area contributed by atoms with Gasteiger partial charge in [0.15, 0.2) is 23.1 Å². The number of rotatable bonds is 5. The van der Waals surface area contributed by atoms with Gasteiger partial charge in [-0.1, -0.05) is 6.07 Å². The Labute approximate surface area is 135 Å². The van der Waals surface area contributed by atoms with Crippen LogP contribution in [0.1, 0.15) is 18.7 Å². The molecule has 0 atom stereocenters. The van der Waals surface area contributed by atoms with Crippen molar-refractivity contribution in [2.45, 2.75) is 19.3 Å². The topological polar surface area (TPSA) is 59.3 Å². The number of benzene rings is 1. The molecule has 2 heterocycles. The predicted octanol–water partition coefficient (Wildman–Crippen LogP) is 3.11. The molecule has 1 aromatic carbocycles. The normalized spacial score (nSPS) is 11.0. The Morgan fingerprint density at radius 1 is 1.12 bits per heavy atom. The standard InChI is InChI=1S/C16H13F3N4O/c17-11-8-10(9-12(18)16(11)19)20-15(24)6-3-5-14-22-21-13-4-1-2-7-23(13)14/h1-2,4,7-9H,3,5-6H2,(H,20,24). The van der Waals surface area contributed by atoms with Crippen LogP contribution in [0.3, 0.4) is 0 Å². The van der Waals surface area contributed by atoms with Crippen LogP contribution in [0.2, 0.25) is 0 Å². The van der Waals surface area contributed by atoms with Crippen LogP contribution in [0.5, 0.6) is 0 Å². The maximum atomic E-state index is 13.1. The van der Waals surface area contributed by atoms with Crippen LogP contribution in [0, 0.1) is 17.5 Å². The van der Waals surface area contributed by atoms with Crippen LogP contribution >= 0.6 is 0 Å². The molecule has 1 amide bonds. The Bertz CT molecular complexity index is 871. The summed E-state index contributed by atoms with van der Waals surface area (Å²) in [6, 6.07) is 7.00. The molecule has 124 valence electrons. The van der Waals surface area contributed by atoms with Crippen molar-refractivity contribution in [2.24, 2.45) is 0 Å². The van der Waals surface area contributed by atoms with E-state index in [1.54, 1.807) is 0 Å². The van der Waals surface area contributed by atoms with E-state index in [0.29, 0.717) is 18.5 Å². The molecule has 3 rings (SSSR count). The summed E-state index contributed by atoms with van der Waals surface area (Å²) in [5, 5.41) is 10.4. The second-order valence-electron chi connectivity index (χ2n) is 5.20. The lowest BCUT2D eigenvalue weighted by molar-refractivity contribution is -0.116. The Balaban J connectivity index is 1.56. The summed E-state index contributed by atoms with van der Waals surface area (Å²) < 4.78 is 40.9. The lowest BCUT2D eigenvalue weighted by Gasteiger charge is -2.06. The van der Waals surface area contributed by atoms with Gasteiger partial charge >= 0.3 is 0 Å². The van der Waals surface area contributed by atoms with E-state index >= 15 is 0 Å². The SMILES string of the molecule is O=C(CCCc1nnc2ccccn12)Nc1cc(F)c(F)c(F)c1. The van der Waals surface area contributed by atoms with Gasteiger partial charge < -0.3 is 5.32 Å². The van der Waals surface area contributed by atoms with E-state index in [4.69, 9.17) is 0 Å². The molecule has 0 bridgehead atoms. The van der Waals surface area contributed by atoms with Gasteiger partial charge in [-0.15, -0.1) is 10.2 Å². The zero-order valence-electron chi connectivity index (χ0n) is 12.5. The van der Waals surface area contributed by atoms with Crippen molar-refractivity contribution in [3.63, 3.8) is 0 Å². The highest BCUT2D eigenvalue weighted by Crippen LogP contribution is 2.17. The second kappa shape index (κ2) is 6.69. The lowest BCUT2D eigenvalue weighted by atomic mass is 10.2. The first kappa shape index (κ1) is 16.0. The van der Waals surface area contributed by atoms with E-state index in [1.165, 1.54) is 0 Å². The van der Waals surface area contributed by atoms with E-state index in [1.807, 2.05) is 28.8 Å². The Hall–Kier alpha value is -2.90. The third-order valence-electron chi connectivity index (χ3n) is 3.46. The summed E-state index contributed by atoms with van der Waals surface area (Å²) in [5.74, 6) is -3.96. The first-order valence-corrected chi connectivity index (χ1v) is 7.27. The van der Waals surface area contributed by atoms with E-state index < -0.39 is 23.4 Å². The van der Waals surface area contributed by atoms with Crippen LogP contribution in [0.4, 0.5) is 18.9 Å². The van der Waals surface area contributed by atoms with Gasteiger partial charge in [0.2, 0.25) is 5.91 Å². The van der Waals surface area contributed by atoms with Gasteiger partial charge in [-0.3, -0.25) is 9.20 Å². The van der Waals surface area contributed by atoms with Crippen molar-refractivity contribution in [3.8, 4) is 0 Å². The number of nitrogens with zero attached hydrogens (tertiary/aromatic N) is 3. The summed E-state index contributed by atoms with van der Waals surface area (Å²) in [7, 11) is 0. The first-order valence-electron chi connectivity index (χ1n) is 7.27. The van der Waals surface area contributed by atoms with Crippen LogP contribution in [-0.4, -0.2) is 20.5 Å². The third-order valence-corrected chi connectivity index (χ3v) is 3.46. The number of fused-ring (bicyclic) bond motifs is 1. The number of nitrogens with one attached hydrogen (secondary N) is 1. The number of amides is 1. The average Bonchev–Trinajstić information content (AvgIpc) is 2.96. The van der Waals surface area contributed by atoms with E-state index in [9.17, 15) is 18.0 Å². The predicted molar refractivity (Wildman–Crippen MR) is 80.9 cm³/mol. The molecule has 1 N–H and O–H groups in total. The van der Waals surface area contributed by atoms with Gasteiger partial charge in [-0.25, -0.2) is 13.2 Å². The largest absolute Gasteiger partial charge is 0.326 e.